The van der Waals surface area contributed by atoms with Crippen LogP contribution in [0.2, 0.25) is 0 Å². The maximum Gasteiger partial charge on any atom is 0.269 e. The van der Waals surface area contributed by atoms with Crippen molar-refractivity contribution in [3.63, 3.8) is 0 Å². The molecule has 2 aromatic rings. The van der Waals surface area contributed by atoms with Crippen LogP contribution in [-0.2, 0) is 4.79 Å². The van der Waals surface area contributed by atoms with E-state index in [1.165, 1.54) is 17.0 Å². The van der Waals surface area contributed by atoms with E-state index in [-0.39, 0.29) is 11.6 Å². The Morgan fingerprint density at radius 1 is 1.00 bits per heavy atom. The van der Waals surface area contributed by atoms with Crippen molar-refractivity contribution in [2.75, 3.05) is 36.8 Å². The number of hydrogen-bond donors (Lipinski definition) is 0. The van der Waals surface area contributed by atoms with Gasteiger partial charge >= 0.3 is 0 Å². The Labute approximate surface area is 156 Å². The minimum absolute atomic E-state index is 0.0958. The Balaban J connectivity index is 1.44. The van der Waals surface area contributed by atoms with Crippen LogP contribution in [0.1, 0.15) is 6.42 Å². The predicted molar refractivity (Wildman–Crippen MR) is 104 cm³/mol. The van der Waals surface area contributed by atoms with Crippen LogP contribution >= 0.6 is 11.8 Å². The van der Waals surface area contributed by atoms with Gasteiger partial charge in [0.1, 0.15) is 0 Å². The third-order valence-electron chi connectivity index (χ3n) is 4.39. The topological polar surface area (TPSA) is 66.7 Å². The molecule has 0 radical (unpaired) electrons. The number of nitrogens with zero attached hydrogens (tertiary/aromatic N) is 3. The van der Waals surface area contributed by atoms with Gasteiger partial charge in [0.2, 0.25) is 5.91 Å². The van der Waals surface area contributed by atoms with Gasteiger partial charge in [-0.1, -0.05) is 18.2 Å². The summed E-state index contributed by atoms with van der Waals surface area (Å²) in [6, 6.07) is 16.7. The molecule has 1 aliphatic rings. The summed E-state index contributed by atoms with van der Waals surface area (Å²) in [6.07, 6.45) is 0.539. The van der Waals surface area contributed by atoms with Crippen LogP contribution in [0.3, 0.4) is 0 Å². The van der Waals surface area contributed by atoms with Gasteiger partial charge in [-0.25, -0.2) is 0 Å². The molecule has 1 saturated heterocycles. The first-order chi connectivity index (χ1) is 12.6. The number of piperazine rings is 1. The highest BCUT2D eigenvalue weighted by molar-refractivity contribution is 7.99. The van der Waals surface area contributed by atoms with Crippen molar-refractivity contribution in [2.24, 2.45) is 0 Å². The average molecular weight is 371 g/mol. The molecule has 0 N–H and O–H groups in total. The second-order valence-corrected chi connectivity index (χ2v) is 7.22. The standard InChI is InChI=1S/C19H21N3O3S/c23-19(10-15-26-18-4-2-1-3-5-18)21-13-11-20(12-14-21)16-6-8-17(9-7-16)22(24)25/h1-9H,10-15H2. The largest absolute Gasteiger partial charge is 0.368 e. The Hall–Kier alpha value is -2.54. The number of carbonyl (C=O) groups excluding carboxylic acids is 1. The summed E-state index contributed by atoms with van der Waals surface area (Å²) in [5.41, 5.74) is 1.06. The number of nitro groups is 1. The highest BCUT2D eigenvalue weighted by Crippen LogP contribution is 2.21. The van der Waals surface area contributed by atoms with Gasteiger partial charge in [0.25, 0.3) is 5.69 Å². The SMILES string of the molecule is O=C(CCSc1ccccc1)N1CCN(c2ccc([N+](=O)[O-])cc2)CC1. The molecule has 0 atom stereocenters. The summed E-state index contributed by atoms with van der Waals surface area (Å²) in [7, 11) is 0. The first-order valence-electron chi connectivity index (χ1n) is 8.58. The van der Waals surface area contributed by atoms with Crippen LogP contribution in [0.25, 0.3) is 0 Å². The van der Waals surface area contributed by atoms with Gasteiger partial charge in [0.15, 0.2) is 0 Å². The Kier molecular flexibility index (Phi) is 6.12. The monoisotopic (exact) mass is 371 g/mol. The van der Waals surface area contributed by atoms with E-state index in [0.29, 0.717) is 19.5 Å². The number of nitro benzene ring substituents is 1. The lowest BCUT2D eigenvalue weighted by atomic mass is 10.2. The molecule has 136 valence electrons. The van der Waals surface area contributed by atoms with Crippen LogP contribution < -0.4 is 4.90 Å². The van der Waals surface area contributed by atoms with Gasteiger partial charge in [-0.3, -0.25) is 14.9 Å². The number of non-ortho nitro benzene ring substituents is 1. The second kappa shape index (κ2) is 8.71. The zero-order valence-electron chi connectivity index (χ0n) is 14.4. The lowest BCUT2D eigenvalue weighted by Gasteiger charge is -2.36. The highest BCUT2D eigenvalue weighted by Gasteiger charge is 2.21. The lowest BCUT2D eigenvalue weighted by molar-refractivity contribution is -0.384. The van der Waals surface area contributed by atoms with Crippen LogP contribution in [0.15, 0.2) is 59.5 Å². The molecule has 1 fully saturated rings. The molecule has 1 amide bonds. The maximum absolute atomic E-state index is 12.4. The molecule has 0 spiro atoms. The Morgan fingerprint density at radius 3 is 2.27 bits per heavy atom. The summed E-state index contributed by atoms with van der Waals surface area (Å²) in [5, 5.41) is 10.7. The van der Waals surface area contributed by atoms with Gasteiger partial charge in [0, 0.05) is 61.1 Å². The van der Waals surface area contributed by atoms with Crippen molar-refractivity contribution >= 4 is 29.0 Å². The molecule has 0 aromatic heterocycles. The Bertz CT molecular complexity index is 744. The van der Waals surface area contributed by atoms with Gasteiger partial charge in [-0.15, -0.1) is 11.8 Å². The average Bonchev–Trinajstić information content (AvgIpc) is 2.69. The molecule has 1 heterocycles. The van der Waals surface area contributed by atoms with Gasteiger partial charge < -0.3 is 9.80 Å². The van der Waals surface area contributed by atoms with Crippen molar-refractivity contribution in [2.45, 2.75) is 11.3 Å². The van der Waals surface area contributed by atoms with E-state index in [1.807, 2.05) is 23.1 Å². The first-order valence-corrected chi connectivity index (χ1v) is 9.57. The van der Waals surface area contributed by atoms with Crippen LogP contribution in [-0.4, -0.2) is 47.7 Å². The quantitative estimate of drug-likeness (QED) is 0.442. The number of benzene rings is 2. The summed E-state index contributed by atoms with van der Waals surface area (Å²) < 4.78 is 0. The smallest absolute Gasteiger partial charge is 0.269 e. The van der Waals surface area contributed by atoms with Gasteiger partial charge in [-0.05, 0) is 24.3 Å². The van der Waals surface area contributed by atoms with Gasteiger partial charge in [0.05, 0.1) is 4.92 Å². The molecule has 0 bridgehead atoms. The number of carbonyl (C=O) groups is 1. The van der Waals surface area contributed by atoms with Crippen molar-refractivity contribution < 1.29 is 9.72 Å². The van der Waals surface area contributed by atoms with Crippen molar-refractivity contribution in [3.05, 3.63) is 64.7 Å². The Morgan fingerprint density at radius 2 is 1.65 bits per heavy atom. The van der Waals surface area contributed by atoms with Crippen LogP contribution in [0.4, 0.5) is 11.4 Å². The van der Waals surface area contributed by atoms with E-state index < -0.39 is 4.92 Å². The lowest BCUT2D eigenvalue weighted by Crippen LogP contribution is -2.48. The molecule has 26 heavy (non-hydrogen) atoms. The zero-order valence-corrected chi connectivity index (χ0v) is 15.2. The summed E-state index contributed by atoms with van der Waals surface area (Å²) in [5.74, 6) is 0.975. The van der Waals surface area contributed by atoms with E-state index in [4.69, 9.17) is 0 Å². The van der Waals surface area contributed by atoms with E-state index in [0.717, 1.165) is 24.5 Å². The number of rotatable bonds is 6. The van der Waals surface area contributed by atoms with Gasteiger partial charge in [-0.2, -0.15) is 0 Å². The van der Waals surface area contributed by atoms with Crippen LogP contribution in [0, 0.1) is 10.1 Å². The molecule has 6 nitrogen and oxygen atoms in total. The minimum atomic E-state index is -0.395. The zero-order chi connectivity index (χ0) is 18.4. The normalized spacial score (nSPS) is 14.3. The molecule has 2 aromatic carbocycles. The third-order valence-corrected chi connectivity index (χ3v) is 5.40. The predicted octanol–water partition coefficient (Wildman–Crippen LogP) is 3.43. The second-order valence-electron chi connectivity index (χ2n) is 6.05. The molecular formula is C19H21N3O3S. The van der Waals surface area contributed by atoms with E-state index in [1.54, 1.807) is 23.9 Å². The van der Waals surface area contributed by atoms with E-state index >= 15 is 0 Å². The number of anilines is 1. The summed E-state index contributed by atoms with van der Waals surface area (Å²) in [6.45, 7) is 2.86. The highest BCUT2D eigenvalue weighted by atomic mass is 32.2. The summed E-state index contributed by atoms with van der Waals surface area (Å²) in [4.78, 5) is 28.0. The maximum atomic E-state index is 12.4. The number of hydrogen-bond acceptors (Lipinski definition) is 5. The third kappa shape index (κ3) is 4.76. The molecule has 1 aliphatic heterocycles. The summed E-state index contributed by atoms with van der Waals surface area (Å²) >= 11 is 1.70. The fraction of sp³-hybridized carbons (Fsp3) is 0.316. The molecule has 7 heteroatoms. The molecule has 0 aliphatic carbocycles. The van der Waals surface area contributed by atoms with E-state index in [9.17, 15) is 14.9 Å². The number of thioether (sulfide) groups is 1. The fourth-order valence-corrected chi connectivity index (χ4v) is 3.79. The first kappa shape index (κ1) is 18.3. The molecular weight excluding hydrogens is 350 g/mol. The molecule has 3 rings (SSSR count). The van der Waals surface area contributed by atoms with Crippen molar-refractivity contribution in [1.82, 2.24) is 4.90 Å². The fourth-order valence-electron chi connectivity index (χ4n) is 2.93. The molecule has 0 unspecified atom stereocenters. The van der Waals surface area contributed by atoms with Crippen LogP contribution in [0.5, 0.6) is 0 Å². The number of amides is 1. The van der Waals surface area contributed by atoms with E-state index in [2.05, 4.69) is 17.0 Å². The van der Waals surface area contributed by atoms with Crippen molar-refractivity contribution in [1.29, 1.82) is 0 Å². The minimum Gasteiger partial charge on any atom is -0.368 e. The molecule has 0 saturated carbocycles. The van der Waals surface area contributed by atoms with Crippen molar-refractivity contribution in [3.8, 4) is 0 Å².